The van der Waals surface area contributed by atoms with Gasteiger partial charge in [-0.15, -0.1) is 0 Å². The van der Waals surface area contributed by atoms with Gasteiger partial charge in [0.2, 0.25) is 5.91 Å². The monoisotopic (exact) mass is 380 g/mol. The summed E-state index contributed by atoms with van der Waals surface area (Å²) >= 11 is 3.24. The van der Waals surface area contributed by atoms with Crippen LogP contribution in [-0.4, -0.2) is 28.8 Å². The van der Waals surface area contributed by atoms with Crippen molar-refractivity contribution in [3.05, 3.63) is 45.3 Å². The number of ether oxygens (including phenoxy) is 1. The third-order valence-electron chi connectivity index (χ3n) is 2.92. The van der Waals surface area contributed by atoms with Gasteiger partial charge < -0.3 is 15.4 Å². The number of benzene rings is 1. The zero-order chi connectivity index (χ0) is 16.8. The van der Waals surface area contributed by atoms with Gasteiger partial charge in [0.05, 0.1) is 11.9 Å². The molecule has 0 bridgehead atoms. The molecule has 0 saturated carbocycles. The number of halogens is 1. The summed E-state index contributed by atoms with van der Waals surface area (Å²) in [5.41, 5.74) is 1.09. The summed E-state index contributed by atoms with van der Waals surface area (Å²) in [6.07, 6.45) is 1.57. The van der Waals surface area contributed by atoms with E-state index in [4.69, 9.17) is 4.74 Å². The van der Waals surface area contributed by atoms with E-state index in [1.165, 1.54) is 11.6 Å². The number of aryl methyl sites for hydroxylation is 1. The van der Waals surface area contributed by atoms with Crippen LogP contribution in [0.4, 0.5) is 11.4 Å². The van der Waals surface area contributed by atoms with Crippen LogP contribution in [0, 0.1) is 0 Å². The summed E-state index contributed by atoms with van der Waals surface area (Å²) in [5, 5.41) is 9.72. The lowest BCUT2D eigenvalue weighted by Gasteiger charge is -2.11. The summed E-state index contributed by atoms with van der Waals surface area (Å²) < 4.78 is 7.29. The molecule has 0 aliphatic rings. The number of nitrogens with zero attached hydrogens (tertiary/aromatic N) is 2. The quantitative estimate of drug-likeness (QED) is 0.748. The predicted octanol–water partition coefficient (Wildman–Crippen LogP) is 1.99. The third kappa shape index (κ3) is 4.82. The highest BCUT2D eigenvalue weighted by Crippen LogP contribution is 2.18. The van der Waals surface area contributed by atoms with Gasteiger partial charge in [-0.25, -0.2) is 4.68 Å². The van der Waals surface area contributed by atoms with Crippen LogP contribution in [0.1, 0.15) is 6.92 Å². The average molecular weight is 381 g/mol. The number of nitrogens with one attached hydrogen (secondary N) is 2. The van der Waals surface area contributed by atoms with E-state index in [-0.39, 0.29) is 11.5 Å². The zero-order valence-electron chi connectivity index (χ0n) is 12.8. The molecule has 0 saturated heterocycles. The van der Waals surface area contributed by atoms with Crippen LogP contribution in [0.15, 0.2) is 39.7 Å². The Morgan fingerprint density at radius 3 is 2.96 bits per heavy atom. The number of rotatable bonds is 6. The Morgan fingerprint density at radius 2 is 2.22 bits per heavy atom. The Morgan fingerprint density at radius 1 is 1.43 bits per heavy atom. The second kappa shape index (κ2) is 7.77. The minimum absolute atomic E-state index is 0.133. The summed E-state index contributed by atoms with van der Waals surface area (Å²) in [5.74, 6) is 0.519. The third-order valence-corrected chi connectivity index (χ3v) is 3.69. The van der Waals surface area contributed by atoms with Crippen molar-refractivity contribution in [1.29, 1.82) is 0 Å². The van der Waals surface area contributed by atoms with Gasteiger partial charge in [0.1, 0.15) is 16.8 Å². The van der Waals surface area contributed by atoms with Crippen molar-refractivity contribution in [1.82, 2.24) is 9.78 Å². The highest BCUT2D eigenvalue weighted by atomic mass is 79.9. The van der Waals surface area contributed by atoms with E-state index in [9.17, 15) is 9.59 Å². The first-order chi connectivity index (χ1) is 11.0. The first-order valence-corrected chi connectivity index (χ1v) is 7.73. The summed E-state index contributed by atoms with van der Waals surface area (Å²) in [4.78, 5) is 22.7. The fourth-order valence-corrected chi connectivity index (χ4v) is 2.35. The Bertz CT molecular complexity index is 761. The normalized spacial score (nSPS) is 10.2. The van der Waals surface area contributed by atoms with Gasteiger partial charge in [-0.05, 0) is 28.1 Å². The molecule has 0 aliphatic carbocycles. The van der Waals surface area contributed by atoms with E-state index in [0.717, 1.165) is 0 Å². The Labute approximate surface area is 141 Å². The molecule has 0 fully saturated rings. The van der Waals surface area contributed by atoms with Crippen molar-refractivity contribution in [2.75, 3.05) is 23.8 Å². The van der Waals surface area contributed by atoms with E-state index < -0.39 is 0 Å². The maximum atomic E-state index is 11.7. The van der Waals surface area contributed by atoms with E-state index in [1.54, 1.807) is 37.5 Å². The van der Waals surface area contributed by atoms with Gasteiger partial charge in [0.15, 0.2) is 0 Å². The van der Waals surface area contributed by atoms with Gasteiger partial charge in [-0.3, -0.25) is 9.59 Å². The Hall–Kier alpha value is -2.35. The second-order valence-electron chi connectivity index (χ2n) is 4.79. The van der Waals surface area contributed by atoms with Crippen LogP contribution >= 0.6 is 15.9 Å². The topological polar surface area (TPSA) is 85.2 Å². The number of carbonyl (C=O) groups is 1. The molecule has 0 atom stereocenters. The van der Waals surface area contributed by atoms with Crippen molar-refractivity contribution in [3.8, 4) is 5.75 Å². The molecule has 2 aromatic rings. The molecule has 0 unspecified atom stereocenters. The van der Waals surface area contributed by atoms with Gasteiger partial charge >= 0.3 is 0 Å². The molecule has 2 rings (SSSR count). The molecule has 8 heteroatoms. The van der Waals surface area contributed by atoms with Crippen LogP contribution < -0.4 is 20.9 Å². The van der Waals surface area contributed by atoms with Gasteiger partial charge in [-0.1, -0.05) is 6.07 Å². The number of carbonyl (C=O) groups excluding carboxylic acids is 1. The largest absolute Gasteiger partial charge is 0.492 e. The Balaban J connectivity index is 1.87. The first kappa shape index (κ1) is 17.0. The fraction of sp³-hybridized carbons (Fsp3) is 0.267. The number of anilines is 2. The molecular formula is C15H17BrN4O3. The highest BCUT2D eigenvalue weighted by Gasteiger charge is 2.06. The van der Waals surface area contributed by atoms with E-state index in [1.807, 2.05) is 0 Å². The lowest BCUT2D eigenvalue weighted by atomic mass is 10.3. The molecule has 1 amide bonds. The minimum Gasteiger partial charge on any atom is -0.492 e. The fourth-order valence-electron chi connectivity index (χ4n) is 1.86. The molecule has 0 aliphatic heterocycles. The number of hydrogen-bond donors (Lipinski definition) is 2. The molecule has 0 radical (unpaired) electrons. The van der Waals surface area contributed by atoms with Gasteiger partial charge in [0, 0.05) is 32.3 Å². The minimum atomic E-state index is -0.209. The van der Waals surface area contributed by atoms with Crippen LogP contribution in [0.25, 0.3) is 0 Å². The molecule has 1 heterocycles. The number of amides is 1. The highest BCUT2D eigenvalue weighted by molar-refractivity contribution is 9.10. The predicted molar refractivity (Wildman–Crippen MR) is 91.9 cm³/mol. The zero-order valence-corrected chi connectivity index (χ0v) is 14.4. The molecule has 122 valence electrons. The molecule has 1 aromatic heterocycles. The molecule has 7 nitrogen and oxygen atoms in total. The molecule has 1 aromatic carbocycles. The maximum Gasteiger partial charge on any atom is 0.282 e. The van der Waals surface area contributed by atoms with Crippen LogP contribution in [-0.2, 0) is 11.8 Å². The van der Waals surface area contributed by atoms with Crippen molar-refractivity contribution < 1.29 is 9.53 Å². The molecule has 23 heavy (non-hydrogen) atoms. The summed E-state index contributed by atoms with van der Waals surface area (Å²) in [7, 11) is 1.59. The van der Waals surface area contributed by atoms with E-state index >= 15 is 0 Å². The molecular weight excluding hydrogens is 364 g/mol. The summed E-state index contributed by atoms with van der Waals surface area (Å²) in [6.45, 7) is 2.34. The second-order valence-corrected chi connectivity index (χ2v) is 5.58. The number of hydrogen-bond acceptors (Lipinski definition) is 5. The van der Waals surface area contributed by atoms with E-state index in [0.29, 0.717) is 34.7 Å². The number of aromatic nitrogens is 2. The van der Waals surface area contributed by atoms with Crippen molar-refractivity contribution >= 4 is 33.2 Å². The first-order valence-electron chi connectivity index (χ1n) is 6.93. The lowest BCUT2D eigenvalue weighted by Crippen LogP contribution is -2.22. The smallest absolute Gasteiger partial charge is 0.282 e. The van der Waals surface area contributed by atoms with Crippen LogP contribution in [0.2, 0.25) is 0 Å². The Kier molecular flexibility index (Phi) is 5.75. The standard InChI is InChI=1S/C15H17BrN4O3/c1-10(21)19-11-4-3-5-12(8-11)23-7-6-17-13-9-18-20(2)15(22)14(13)16/h3-5,8-9,17H,6-7H2,1-2H3,(H,19,21). The molecule has 0 spiro atoms. The van der Waals surface area contributed by atoms with Crippen LogP contribution in [0.3, 0.4) is 0 Å². The molecule has 2 N–H and O–H groups in total. The van der Waals surface area contributed by atoms with Gasteiger partial charge in [-0.2, -0.15) is 5.10 Å². The lowest BCUT2D eigenvalue weighted by molar-refractivity contribution is -0.114. The SMILES string of the molecule is CC(=O)Nc1cccc(OCCNc2cnn(C)c(=O)c2Br)c1. The van der Waals surface area contributed by atoms with E-state index in [2.05, 4.69) is 31.7 Å². The average Bonchev–Trinajstić information content (AvgIpc) is 2.51. The maximum absolute atomic E-state index is 11.7. The van der Waals surface area contributed by atoms with Gasteiger partial charge in [0.25, 0.3) is 5.56 Å². The summed E-state index contributed by atoms with van der Waals surface area (Å²) in [6, 6.07) is 7.14. The van der Waals surface area contributed by atoms with Crippen molar-refractivity contribution in [3.63, 3.8) is 0 Å². The van der Waals surface area contributed by atoms with Crippen LogP contribution in [0.5, 0.6) is 5.75 Å². The van der Waals surface area contributed by atoms with Crippen molar-refractivity contribution in [2.24, 2.45) is 7.05 Å². The van der Waals surface area contributed by atoms with Crippen molar-refractivity contribution in [2.45, 2.75) is 6.92 Å².